The Bertz CT molecular complexity index is 494. The summed E-state index contributed by atoms with van der Waals surface area (Å²) in [5, 5.41) is 8.67. The number of nitrogens with two attached hydrogens (primary N) is 1. The van der Waals surface area contributed by atoms with Crippen LogP contribution in [0.15, 0.2) is 22.7 Å². The van der Waals surface area contributed by atoms with Crippen LogP contribution in [0.4, 0.5) is 5.69 Å². The van der Waals surface area contributed by atoms with E-state index in [0.717, 1.165) is 0 Å². The van der Waals surface area contributed by atoms with Gasteiger partial charge in [0, 0.05) is 28.8 Å². The Morgan fingerprint density at radius 2 is 2.21 bits per heavy atom. The van der Waals surface area contributed by atoms with Crippen molar-refractivity contribution in [3.8, 4) is 6.07 Å². The number of amides is 1. The maximum atomic E-state index is 12.4. The molecule has 19 heavy (non-hydrogen) atoms. The minimum atomic E-state index is -0.0651. The maximum absolute atomic E-state index is 12.4. The van der Waals surface area contributed by atoms with Gasteiger partial charge in [0.15, 0.2) is 0 Å². The van der Waals surface area contributed by atoms with Crippen LogP contribution in [-0.4, -0.2) is 23.9 Å². The number of halogens is 1. The fourth-order valence-electron chi connectivity index (χ4n) is 1.74. The van der Waals surface area contributed by atoms with Crippen LogP contribution >= 0.6 is 15.9 Å². The molecule has 1 aromatic carbocycles. The van der Waals surface area contributed by atoms with Crippen molar-refractivity contribution in [1.82, 2.24) is 4.90 Å². The molecule has 1 amide bonds. The van der Waals surface area contributed by atoms with Gasteiger partial charge in [-0.25, -0.2) is 0 Å². The smallest absolute Gasteiger partial charge is 0.253 e. The topological polar surface area (TPSA) is 70.1 Å². The Morgan fingerprint density at radius 1 is 1.53 bits per heavy atom. The third-order valence-electron chi connectivity index (χ3n) is 2.61. The normalized spacial score (nSPS) is 10.3. The monoisotopic (exact) mass is 323 g/mol. The largest absolute Gasteiger partial charge is 0.398 e. The van der Waals surface area contributed by atoms with Crippen molar-refractivity contribution >= 4 is 27.5 Å². The number of benzene rings is 1. The van der Waals surface area contributed by atoms with E-state index in [9.17, 15) is 4.79 Å². The van der Waals surface area contributed by atoms with Crippen molar-refractivity contribution in [2.24, 2.45) is 5.92 Å². The van der Waals surface area contributed by atoms with E-state index < -0.39 is 0 Å². The van der Waals surface area contributed by atoms with Gasteiger partial charge in [-0.2, -0.15) is 5.26 Å². The molecule has 2 N–H and O–H groups in total. The minimum Gasteiger partial charge on any atom is -0.398 e. The summed E-state index contributed by atoms with van der Waals surface area (Å²) in [6.07, 6.45) is 0.342. The van der Waals surface area contributed by atoms with Crippen molar-refractivity contribution in [2.45, 2.75) is 20.3 Å². The summed E-state index contributed by atoms with van der Waals surface area (Å²) < 4.78 is 0.711. The molecule has 0 aliphatic carbocycles. The lowest BCUT2D eigenvalue weighted by molar-refractivity contribution is 0.0740. The SMILES string of the molecule is CC(C)CN(CCC#N)C(=O)c1ccc(N)c(Br)c1. The average molecular weight is 324 g/mol. The fraction of sp³-hybridized carbons (Fsp3) is 0.429. The quantitative estimate of drug-likeness (QED) is 0.846. The van der Waals surface area contributed by atoms with Crippen LogP contribution in [0.2, 0.25) is 0 Å². The van der Waals surface area contributed by atoms with Gasteiger partial charge in [-0.05, 0) is 40.0 Å². The molecule has 0 radical (unpaired) electrons. The molecule has 1 aromatic rings. The molecule has 0 aliphatic rings. The van der Waals surface area contributed by atoms with E-state index in [0.29, 0.717) is 41.2 Å². The summed E-state index contributed by atoms with van der Waals surface area (Å²) in [7, 11) is 0. The number of hydrogen-bond donors (Lipinski definition) is 1. The highest BCUT2D eigenvalue weighted by atomic mass is 79.9. The van der Waals surface area contributed by atoms with Crippen LogP contribution in [-0.2, 0) is 0 Å². The minimum absolute atomic E-state index is 0.0651. The summed E-state index contributed by atoms with van der Waals surface area (Å²) in [5.74, 6) is 0.296. The van der Waals surface area contributed by atoms with Gasteiger partial charge in [-0.1, -0.05) is 13.8 Å². The number of rotatable bonds is 5. The lowest BCUT2D eigenvalue weighted by Crippen LogP contribution is -2.35. The lowest BCUT2D eigenvalue weighted by Gasteiger charge is -2.23. The summed E-state index contributed by atoms with van der Waals surface area (Å²) in [6.45, 7) is 5.19. The second kappa shape index (κ2) is 7.15. The third-order valence-corrected chi connectivity index (χ3v) is 3.30. The zero-order valence-electron chi connectivity index (χ0n) is 11.2. The van der Waals surface area contributed by atoms with Gasteiger partial charge in [0.25, 0.3) is 5.91 Å². The second-order valence-corrected chi connectivity index (χ2v) is 5.64. The van der Waals surface area contributed by atoms with Crippen LogP contribution in [0.25, 0.3) is 0 Å². The average Bonchev–Trinajstić information content (AvgIpc) is 2.36. The van der Waals surface area contributed by atoms with Gasteiger partial charge in [-0.15, -0.1) is 0 Å². The van der Waals surface area contributed by atoms with Crippen LogP contribution in [0.3, 0.4) is 0 Å². The van der Waals surface area contributed by atoms with E-state index >= 15 is 0 Å². The highest BCUT2D eigenvalue weighted by Crippen LogP contribution is 2.21. The summed E-state index contributed by atoms with van der Waals surface area (Å²) in [6, 6.07) is 7.21. The number of nitriles is 1. The third kappa shape index (κ3) is 4.56. The number of nitrogens with zero attached hydrogens (tertiary/aromatic N) is 2. The van der Waals surface area contributed by atoms with Gasteiger partial charge >= 0.3 is 0 Å². The van der Waals surface area contributed by atoms with Gasteiger partial charge in [-0.3, -0.25) is 4.79 Å². The summed E-state index contributed by atoms with van der Waals surface area (Å²) >= 11 is 3.32. The lowest BCUT2D eigenvalue weighted by atomic mass is 10.1. The molecule has 0 heterocycles. The molecule has 0 spiro atoms. The van der Waals surface area contributed by atoms with Gasteiger partial charge < -0.3 is 10.6 Å². The summed E-state index contributed by atoms with van der Waals surface area (Å²) in [5.41, 5.74) is 6.89. The van der Waals surface area contributed by atoms with Gasteiger partial charge in [0.2, 0.25) is 0 Å². The van der Waals surface area contributed by atoms with E-state index in [1.54, 1.807) is 23.1 Å². The Balaban J connectivity index is 2.91. The molecule has 0 fully saturated rings. The Labute approximate surface area is 122 Å². The molecule has 0 saturated carbocycles. The first-order chi connectivity index (χ1) is 8.95. The van der Waals surface area contributed by atoms with Crippen molar-refractivity contribution in [2.75, 3.05) is 18.8 Å². The van der Waals surface area contributed by atoms with Crippen LogP contribution in [0.5, 0.6) is 0 Å². The highest BCUT2D eigenvalue weighted by molar-refractivity contribution is 9.10. The van der Waals surface area contributed by atoms with Gasteiger partial charge in [0.1, 0.15) is 0 Å². The molecule has 4 nitrogen and oxygen atoms in total. The van der Waals surface area contributed by atoms with Crippen LogP contribution in [0, 0.1) is 17.2 Å². The standard InChI is InChI=1S/C14H18BrN3O/c1-10(2)9-18(7-3-6-16)14(19)11-4-5-13(17)12(15)8-11/h4-5,8,10H,3,7,9,17H2,1-2H3. The molecule has 0 atom stereocenters. The van der Waals surface area contributed by atoms with Crippen LogP contribution < -0.4 is 5.73 Å². The number of nitrogen functional groups attached to an aromatic ring is 1. The first kappa shape index (κ1) is 15.5. The number of anilines is 1. The molecule has 1 rings (SSSR count). The molecule has 5 heteroatoms. The molecule has 102 valence electrons. The molecule has 0 aliphatic heterocycles. The zero-order chi connectivity index (χ0) is 14.4. The number of hydrogen-bond acceptors (Lipinski definition) is 3. The van der Waals surface area contributed by atoms with E-state index in [1.165, 1.54) is 0 Å². The second-order valence-electron chi connectivity index (χ2n) is 4.79. The Hall–Kier alpha value is -1.54. The maximum Gasteiger partial charge on any atom is 0.253 e. The predicted molar refractivity (Wildman–Crippen MR) is 79.5 cm³/mol. The van der Waals surface area contributed by atoms with Crippen molar-refractivity contribution in [3.05, 3.63) is 28.2 Å². The summed E-state index contributed by atoms with van der Waals surface area (Å²) in [4.78, 5) is 14.1. The first-order valence-electron chi connectivity index (χ1n) is 6.17. The predicted octanol–water partition coefficient (Wildman–Crippen LogP) is 3.04. The number of carbonyl (C=O) groups is 1. The Kier molecular flexibility index (Phi) is 5.84. The van der Waals surface area contributed by atoms with Crippen molar-refractivity contribution in [3.63, 3.8) is 0 Å². The van der Waals surface area contributed by atoms with E-state index in [1.807, 2.05) is 13.8 Å². The highest BCUT2D eigenvalue weighted by Gasteiger charge is 2.17. The van der Waals surface area contributed by atoms with E-state index in [4.69, 9.17) is 11.0 Å². The first-order valence-corrected chi connectivity index (χ1v) is 6.96. The van der Waals surface area contributed by atoms with Crippen LogP contribution in [0.1, 0.15) is 30.6 Å². The van der Waals surface area contributed by atoms with Crippen molar-refractivity contribution < 1.29 is 4.79 Å². The van der Waals surface area contributed by atoms with Gasteiger partial charge in [0.05, 0.1) is 12.5 Å². The van der Waals surface area contributed by atoms with E-state index in [2.05, 4.69) is 22.0 Å². The zero-order valence-corrected chi connectivity index (χ0v) is 12.8. The molecule has 0 unspecified atom stereocenters. The Morgan fingerprint density at radius 3 is 2.74 bits per heavy atom. The number of carbonyl (C=O) groups excluding carboxylic acids is 1. The van der Waals surface area contributed by atoms with Crippen molar-refractivity contribution in [1.29, 1.82) is 5.26 Å². The molecule has 0 bridgehead atoms. The van der Waals surface area contributed by atoms with E-state index in [-0.39, 0.29) is 5.91 Å². The molecular weight excluding hydrogens is 306 g/mol. The molecular formula is C14H18BrN3O. The molecule has 0 aromatic heterocycles. The molecule has 0 saturated heterocycles. The fourth-order valence-corrected chi connectivity index (χ4v) is 2.12.